The van der Waals surface area contributed by atoms with Gasteiger partial charge in [-0.25, -0.2) is 4.68 Å². The highest BCUT2D eigenvalue weighted by Gasteiger charge is 2.25. The molecule has 1 aromatic carbocycles. The lowest BCUT2D eigenvalue weighted by molar-refractivity contribution is -0.141. The normalized spacial score (nSPS) is 19.3. The number of ether oxygens (including phenoxy) is 1. The third-order valence-electron chi connectivity index (χ3n) is 2.88. The zero-order valence-corrected chi connectivity index (χ0v) is 9.24. The van der Waals surface area contributed by atoms with E-state index in [0.29, 0.717) is 6.42 Å². The summed E-state index contributed by atoms with van der Waals surface area (Å²) in [5, 5.41) is 4.28. The first-order valence-electron chi connectivity index (χ1n) is 5.62. The Morgan fingerprint density at radius 3 is 2.82 bits per heavy atom. The molecule has 1 aliphatic rings. The average Bonchev–Trinajstić information content (AvgIpc) is 2.98. The minimum atomic E-state index is -0.125. The second kappa shape index (κ2) is 4.05. The van der Waals surface area contributed by atoms with E-state index in [2.05, 4.69) is 5.10 Å². The van der Waals surface area contributed by atoms with Crippen molar-refractivity contribution in [3.63, 3.8) is 0 Å². The van der Waals surface area contributed by atoms with Crippen molar-refractivity contribution in [3.05, 3.63) is 48.3 Å². The van der Waals surface area contributed by atoms with Crippen molar-refractivity contribution >= 4 is 5.97 Å². The van der Waals surface area contributed by atoms with Gasteiger partial charge in [-0.15, -0.1) is 0 Å². The minimum Gasteiger partial charge on any atom is -0.457 e. The molecule has 3 rings (SSSR count). The molecule has 1 aliphatic heterocycles. The quantitative estimate of drug-likeness (QED) is 0.740. The zero-order chi connectivity index (χ0) is 11.7. The Bertz CT molecular complexity index is 533. The molecule has 0 amide bonds. The fourth-order valence-electron chi connectivity index (χ4n) is 1.99. The van der Waals surface area contributed by atoms with Crippen molar-refractivity contribution in [2.75, 3.05) is 0 Å². The lowest BCUT2D eigenvalue weighted by atomic mass is 10.1. The number of carbonyl (C=O) groups is 1. The molecule has 1 unspecified atom stereocenters. The van der Waals surface area contributed by atoms with Crippen LogP contribution in [0.3, 0.4) is 0 Å². The summed E-state index contributed by atoms with van der Waals surface area (Å²) in [6.45, 7) is 0. The van der Waals surface area contributed by atoms with Crippen molar-refractivity contribution in [2.45, 2.75) is 18.9 Å². The summed E-state index contributed by atoms with van der Waals surface area (Å²) in [6, 6.07) is 9.86. The van der Waals surface area contributed by atoms with E-state index in [4.69, 9.17) is 4.74 Å². The number of para-hydroxylation sites is 1. The second-order valence-electron chi connectivity index (χ2n) is 4.07. The Kier molecular flexibility index (Phi) is 2.40. The molecule has 17 heavy (non-hydrogen) atoms. The Hall–Kier alpha value is -2.10. The Morgan fingerprint density at radius 2 is 2.12 bits per heavy atom. The zero-order valence-electron chi connectivity index (χ0n) is 9.24. The van der Waals surface area contributed by atoms with Crippen LogP contribution in [-0.2, 0) is 9.53 Å². The van der Waals surface area contributed by atoms with Gasteiger partial charge in [0.25, 0.3) is 0 Å². The van der Waals surface area contributed by atoms with E-state index >= 15 is 0 Å². The number of nitrogens with zero attached hydrogens (tertiary/aromatic N) is 2. The van der Waals surface area contributed by atoms with Crippen LogP contribution in [0.5, 0.6) is 0 Å². The number of carbonyl (C=O) groups excluding carboxylic acids is 1. The molecule has 4 nitrogen and oxygen atoms in total. The number of hydrogen-bond acceptors (Lipinski definition) is 3. The van der Waals surface area contributed by atoms with Crippen molar-refractivity contribution < 1.29 is 9.53 Å². The fourth-order valence-corrected chi connectivity index (χ4v) is 1.99. The summed E-state index contributed by atoms with van der Waals surface area (Å²) in [4.78, 5) is 11.1. The first-order valence-corrected chi connectivity index (χ1v) is 5.62. The second-order valence-corrected chi connectivity index (χ2v) is 4.07. The van der Waals surface area contributed by atoms with Crippen LogP contribution in [-0.4, -0.2) is 15.7 Å². The number of cyclic esters (lactones) is 1. The maximum Gasteiger partial charge on any atom is 0.306 e. The van der Waals surface area contributed by atoms with Crippen molar-refractivity contribution in [1.29, 1.82) is 0 Å². The van der Waals surface area contributed by atoms with Gasteiger partial charge >= 0.3 is 5.97 Å². The molecule has 1 saturated heterocycles. The fraction of sp³-hybridized carbons (Fsp3) is 0.231. The summed E-state index contributed by atoms with van der Waals surface area (Å²) >= 11 is 0. The lowest BCUT2D eigenvalue weighted by Crippen LogP contribution is -1.97. The number of esters is 1. The SMILES string of the molecule is O=C1CCC(c2cnn(-c3ccccc3)c2)O1. The topological polar surface area (TPSA) is 44.1 Å². The summed E-state index contributed by atoms with van der Waals surface area (Å²) in [6.07, 6.45) is 4.80. The standard InChI is InChI=1S/C13H12N2O2/c16-13-7-6-12(17-13)10-8-14-15(9-10)11-4-2-1-3-5-11/h1-5,8-9,12H,6-7H2. The van der Waals surface area contributed by atoms with Gasteiger partial charge < -0.3 is 4.74 Å². The highest BCUT2D eigenvalue weighted by Crippen LogP contribution is 2.29. The van der Waals surface area contributed by atoms with Crippen molar-refractivity contribution in [1.82, 2.24) is 9.78 Å². The molecule has 1 fully saturated rings. The van der Waals surface area contributed by atoms with Gasteiger partial charge in [0.05, 0.1) is 11.9 Å². The van der Waals surface area contributed by atoms with E-state index in [1.807, 2.05) is 36.5 Å². The van der Waals surface area contributed by atoms with Gasteiger partial charge in [-0.05, 0) is 18.6 Å². The third-order valence-corrected chi connectivity index (χ3v) is 2.88. The first kappa shape index (κ1) is 10.1. The maximum absolute atomic E-state index is 11.1. The van der Waals surface area contributed by atoms with E-state index in [1.165, 1.54) is 0 Å². The summed E-state index contributed by atoms with van der Waals surface area (Å²) in [5.41, 5.74) is 1.96. The van der Waals surface area contributed by atoms with Gasteiger partial charge in [0.1, 0.15) is 6.10 Å². The van der Waals surface area contributed by atoms with Gasteiger partial charge in [-0.2, -0.15) is 5.10 Å². The average molecular weight is 228 g/mol. The Balaban J connectivity index is 1.86. The van der Waals surface area contributed by atoms with Gasteiger partial charge in [0.15, 0.2) is 0 Å². The largest absolute Gasteiger partial charge is 0.457 e. The van der Waals surface area contributed by atoms with E-state index in [-0.39, 0.29) is 12.1 Å². The number of aromatic nitrogens is 2. The third kappa shape index (κ3) is 1.93. The van der Waals surface area contributed by atoms with Crippen LogP contribution < -0.4 is 0 Å². The van der Waals surface area contributed by atoms with E-state index < -0.39 is 0 Å². The molecular weight excluding hydrogens is 216 g/mol. The van der Waals surface area contributed by atoms with Crippen LogP contribution in [0.4, 0.5) is 0 Å². The number of hydrogen-bond donors (Lipinski definition) is 0. The molecule has 0 saturated carbocycles. The van der Waals surface area contributed by atoms with Crippen molar-refractivity contribution in [3.8, 4) is 5.69 Å². The summed E-state index contributed by atoms with van der Waals surface area (Å²) < 4.78 is 7.00. The van der Waals surface area contributed by atoms with E-state index in [9.17, 15) is 4.79 Å². The van der Waals surface area contributed by atoms with E-state index in [1.54, 1.807) is 10.9 Å². The molecular formula is C13H12N2O2. The molecule has 1 aromatic heterocycles. The van der Waals surface area contributed by atoms with Crippen LogP contribution in [0, 0.1) is 0 Å². The molecule has 0 aliphatic carbocycles. The molecule has 0 radical (unpaired) electrons. The molecule has 1 atom stereocenters. The predicted octanol–water partition coefficient (Wildman–Crippen LogP) is 2.25. The van der Waals surface area contributed by atoms with Crippen LogP contribution in [0.15, 0.2) is 42.7 Å². The first-order chi connectivity index (χ1) is 8.33. The minimum absolute atomic E-state index is 0.123. The highest BCUT2D eigenvalue weighted by atomic mass is 16.5. The van der Waals surface area contributed by atoms with Crippen LogP contribution in [0.2, 0.25) is 0 Å². The molecule has 4 heteroatoms. The lowest BCUT2D eigenvalue weighted by Gasteiger charge is -2.05. The van der Waals surface area contributed by atoms with E-state index in [0.717, 1.165) is 17.7 Å². The highest BCUT2D eigenvalue weighted by molar-refractivity contribution is 5.71. The van der Waals surface area contributed by atoms with Gasteiger partial charge in [-0.1, -0.05) is 18.2 Å². The van der Waals surface area contributed by atoms with Crippen LogP contribution in [0.1, 0.15) is 24.5 Å². The van der Waals surface area contributed by atoms with Crippen LogP contribution in [0.25, 0.3) is 5.69 Å². The number of rotatable bonds is 2. The molecule has 0 N–H and O–H groups in total. The molecule has 86 valence electrons. The summed E-state index contributed by atoms with van der Waals surface area (Å²) in [7, 11) is 0. The van der Waals surface area contributed by atoms with Crippen LogP contribution >= 0.6 is 0 Å². The number of benzene rings is 1. The molecule has 2 aromatic rings. The van der Waals surface area contributed by atoms with Crippen molar-refractivity contribution in [2.24, 2.45) is 0 Å². The maximum atomic E-state index is 11.1. The monoisotopic (exact) mass is 228 g/mol. The molecule has 0 bridgehead atoms. The molecule has 0 spiro atoms. The van der Waals surface area contributed by atoms with Gasteiger partial charge in [0, 0.05) is 18.2 Å². The Labute approximate surface area is 98.8 Å². The van der Waals surface area contributed by atoms with Gasteiger partial charge in [-0.3, -0.25) is 4.79 Å². The predicted molar refractivity (Wildman–Crippen MR) is 61.6 cm³/mol. The smallest absolute Gasteiger partial charge is 0.306 e. The van der Waals surface area contributed by atoms with Gasteiger partial charge in [0.2, 0.25) is 0 Å². The molecule has 2 heterocycles. The summed E-state index contributed by atoms with van der Waals surface area (Å²) in [5.74, 6) is -0.123. The Morgan fingerprint density at radius 1 is 1.29 bits per heavy atom.